The predicted molar refractivity (Wildman–Crippen MR) is 86.6 cm³/mol. The van der Waals surface area contributed by atoms with Crippen molar-refractivity contribution >= 4 is 5.69 Å². The lowest BCUT2D eigenvalue weighted by Crippen LogP contribution is -2.31. The normalized spacial score (nSPS) is 13.1. The number of rotatable bonds is 7. The number of ether oxygens (including phenoxy) is 1. The number of hydrogen-bond acceptors (Lipinski definition) is 3. The van der Waals surface area contributed by atoms with Gasteiger partial charge >= 0.3 is 0 Å². The standard InChI is InChI=1S/C17H25N3O/c1-14(12-17(2,3)21-4)19-16-9-6-5-8-15(16)13-20-11-7-10-18-20/h5-11,14,19H,12-13H2,1-4H3. The summed E-state index contributed by atoms with van der Waals surface area (Å²) in [6.45, 7) is 7.18. The summed E-state index contributed by atoms with van der Waals surface area (Å²) in [6.07, 6.45) is 4.73. The molecule has 1 atom stereocenters. The number of para-hydroxylation sites is 1. The first-order valence-electron chi connectivity index (χ1n) is 7.37. The molecule has 4 heteroatoms. The lowest BCUT2D eigenvalue weighted by atomic mass is 9.99. The highest BCUT2D eigenvalue weighted by Crippen LogP contribution is 2.21. The lowest BCUT2D eigenvalue weighted by Gasteiger charge is -2.28. The SMILES string of the molecule is COC(C)(C)CC(C)Nc1ccccc1Cn1cccn1. The maximum Gasteiger partial charge on any atom is 0.0679 e. The summed E-state index contributed by atoms with van der Waals surface area (Å²) in [5, 5.41) is 7.87. The largest absolute Gasteiger partial charge is 0.382 e. The summed E-state index contributed by atoms with van der Waals surface area (Å²) in [5.74, 6) is 0. The Balaban J connectivity index is 2.06. The average Bonchev–Trinajstić information content (AvgIpc) is 2.93. The molecule has 4 nitrogen and oxygen atoms in total. The van der Waals surface area contributed by atoms with E-state index in [1.165, 1.54) is 5.56 Å². The third-order valence-electron chi connectivity index (χ3n) is 3.66. The molecule has 0 saturated carbocycles. The van der Waals surface area contributed by atoms with Crippen molar-refractivity contribution in [2.24, 2.45) is 0 Å². The van der Waals surface area contributed by atoms with E-state index in [0.717, 1.165) is 18.7 Å². The zero-order chi connectivity index (χ0) is 15.3. The van der Waals surface area contributed by atoms with Crippen LogP contribution in [0.1, 0.15) is 32.8 Å². The van der Waals surface area contributed by atoms with Gasteiger partial charge in [-0.15, -0.1) is 0 Å². The molecule has 1 aromatic heterocycles. The van der Waals surface area contributed by atoms with Gasteiger partial charge < -0.3 is 10.1 Å². The number of methoxy groups -OCH3 is 1. The van der Waals surface area contributed by atoms with Gasteiger partial charge in [-0.25, -0.2) is 0 Å². The average molecular weight is 287 g/mol. The molecule has 2 rings (SSSR count). The molecular weight excluding hydrogens is 262 g/mol. The van der Waals surface area contributed by atoms with Gasteiger partial charge in [-0.05, 0) is 44.9 Å². The number of aromatic nitrogens is 2. The van der Waals surface area contributed by atoms with Gasteiger partial charge in [-0.1, -0.05) is 18.2 Å². The van der Waals surface area contributed by atoms with Crippen molar-refractivity contribution in [2.45, 2.75) is 45.4 Å². The zero-order valence-electron chi connectivity index (χ0n) is 13.3. The second-order valence-corrected chi connectivity index (χ2v) is 6.07. The van der Waals surface area contributed by atoms with Gasteiger partial charge in [0.15, 0.2) is 0 Å². The molecule has 0 aliphatic heterocycles. The molecule has 0 aliphatic rings. The summed E-state index contributed by atoms with van der Waals surface area (Å²) < 4.78 is 7.44. The van der Waals surface area contributed by atoms with Crippen LogP contribution in [0.15, 0.2) is 42.7 Å². The molecule has 0 radical (unpaired) electrons. The molecule has 0 saturated heterocycles. The van der Waals surface area contributed by atoms with Crippen molar-refractivity contribution in [3.05, 3.63) is 48.3 Å². The number of benzene rings is 1. The number of hydrogen-bond donors (Lipinski definition) is 1. The van der Waals surface area contributed by atoms with Crippen molar-refractivity contribution in [2.75, 3.05) is 12.4 Å². The van der Waals surface area contributed by atoms with Gasteiger partial charge in [-0.2, -0.15) is 5.10 Å². The Bertz CT molecular complexity index is 549. The Kier molecular flexibility index (Phi) is 5.02. The van der Waals surface area contributed by atoms with E-state index in [-0.39, 0.29) is 5.60 Å². The van der Waals surface area contributed by atoms with Crippen molar-refractivity contribution in [3.8, 4) is 0 Å². The Morgan fingerprint density at radius 3 is 2.71 bits per heavy atom. The van der Waals surface area contributed by atoms with Crippen molar-refractivity contribution < 1.29 is 4.74 Å². The van der Waals surface area contributed by atoms with Crippen LogP contribution in [-0.2, 0) is 11.3 Å². The fourth-order valence-corrected chi connectivity index (χ4v) is 2.50. The van der Waals surface area contributed by atoms with E-state index in [1.54, 1.807) is 13.3 Å². The van der Waals surface area contributed by atoms with E-state index in [0.29, 0.717) is 6.04 Å². The Hall–Kier alpha value is -1.81. The first-order valence-corrected chi connectivity index (χ1v) is 7.37. The Morgan fingerprint density at radius 2 is 2.05 bits per heavy atom. The Labute approximate surface area is 127 Å². The first-order chi connectivity index (χ1) is 10.00. The van der Waals surface area contributed by atoms with Gasteiger partial charge in [0.1, 0.15) is 0 Å². The van der Waals surface area contributed by atoms with Gasteiger partial charge in [0, 0.05) is 31.2 Å². The second-order valence-electron chi connectivity index (χ2n) is 6.07. The molecule has 0 spiro atoms. The van der Waals surface area contributed by atoms with Gasteiger partial charge in [0.2, 0.25) is 0 Å². The fourth-order valence-electron chi connectivity index (χ4n) is 2.50. The van der Waals surface area contributed by atoms with Crippen LogP contribution < -0.4 is 5.32 Å². The molecule has 1 aromatic carbocycles. The zero-order valence-corrected chi connectivity index (χ0v) is 13.3. The molecule has 0 amide bonds. The number of nitrogens with one attached hydrogen (secondary N) is 1. The summed E-state index contributed by atoms with van der Waals surface area (Å²) in [5.41, 5.74) is 2.28. The fraction of sp³-hybridized carbons (Fsp3) is 0.471. The molecular formula is C17H25N3O. The topological polar surface area (TPSA) is 39.1 Å². The van der Waals surface area contributed by atoms with Crippen LogP contribution in [0.3, 0.4) is 0 Å². The summed E-state index contributed by atoms with van der Waals surface area (Å²) in [6, 6.07) is 10.7. The van der Waals surface area contributed by atoms with Crippen LogP contribution in [0.2, 0.25) is 0 Å². The quantitative estimate of drug-likeness (QED) is 0.846. The Morgan fingerprint density at radius 1 is 1.29 bits per heavy atom. The molecule has 1 heterocycles. The molecule has 21 heavy (non-hydrogen) atoms. The highest BCUT2D eigenvalue weighted by atomic mass is 16.5. The van der Waals surface area contributed by atoms with Crippen LogP contribution in [0.5, 0.6) is 0 Å². The molecule has 1 N–H and O–H groups in total. The molecule has 0 aliphatic carbocycles. The summed E-state index contributed by atoms with van der Waals surface area (Å²) in [7, 11) is 1.76. The van der Waals surface area contributed by atoms with E-state index in [4.69, 9.17) is 4.74 Å². The van der Waals surface area contributed by atoms with Crippen LogP contribution in [-0.4, -0.2) is 28.5 Å². The van der Waals surface area contributed by atoms with Crippen LogP contribution in [0.4, 0.5) is 5.69 Å². The highest BCUT2D eigenvalue weighted by Gasteiger charge is 2.20. The molecule has 1 unspecified atom stereocenters. The molecule has 0 bridgehead atoms. The molecule has 114 valence electrons. The number of anilines is 1. The van der Waals surface area contributed by atoms with E-state index >= 15 is 0 Å². The van der Waals surface area contributed by atoms with Crippen molar-refractivity contribution in [3.63, 3.8) is 0 Å². The second kappa shape index (κ2) is 6.76. The minimum atomic E-state index is -0.122. The van der Waals surface area contributed by atoms with E-state index < -0.39 is 0 Å². The van der Waals surface area contributed by atoms with E-state index in [2.05, 4.69) is 55.5 Å². The summed E-state index contributed by atoms with van der Waals surface area (Å²) >= 11 is 0. The summed E-state index contributed by atoms with van der Waals surface area (Å²) in [4.78, 5) is 0. The lowest BCUT2D eigenvalue weighted by molar-refractivity contribution is 0.0128. The smallest absolute Gasteiger partial charge is 0.0679 e. The van der Waals surface area contributed by atoms with Crippen molar-refractivity contribution in [1.29, 1.82) is 0 Å². The molecule has 2 aromatic rings. The first kappa shape index (κ1) is 15.6. The molecule has 0 fully saturated rings. The predicted octanol–water partition coefficient (Wildman–Crippen LogP) is 3.55. The van der Waals surface area contributed by atoms with E-state index in [9.17, 15) is 0 Å². The van der Waals surface area contributed by atoms with Crippen LogP contribution >= 0.6 is 0 Å². The van der Waals surface area contributed by atoms with Crippen LogP contribution in [0, 0.1) is 0 Å². The minimum Gasteiger partial charge on any atom is -0.382 e. The van der Waals surface area contributed by atoms with Gasteiger partial charge in [0.25, 0.3) is 0 Å². The van der Waals surface area contributed by atoms with E-state index in [1.807, 2.05) is 16.9 Å². The number of nitrogens with zero attached hydrogens (tertiary/aromatic N) is 2. The monoisotopic (exact) mass is 287 g/mol. The highest BCUT2D eigenvalue weighted by molar-refractivity contribution is 5.51. The maximum atomic E-state index is 5.51. The van der Waals surface area contributed by atoms with Gasteiger partial charge in [0.05, 0.1) is 12.1 Å². The third kappa shape index (κ3) is 4.60. The van der Waals surface area contributed by atoms with Crippen LogP contribution in [0.25, 0.3) is 0 Å². The van der Waals surface area contributed by atoms with Gasteiger partial charge in [-0.3, -0.25) is 4.68 Å². The third-order valence-corrected chi connectivity index (χ3v) is 3.66. The maximum absolute atomic E-state index is 5.51. The minimum absolute atomic E-state index is 0.122. The van der Waals surface area contributed by atoms with Crippen molar-refractivity contribution in [1.82, 2.24) is 9.78 Å².